The number of hydrogen-bond donors (Lipinski definition) is 3. The predicted molar refractivity (Wildman–Crippen MR) is 71.6 cm³/mol. The third-order valence-corrected chi connectivity index (χ3v) is 6.39. The number of rotatable bonds is 9. The summed E-state index contributed by atoms with van der Waals surface area (Å²) in [4.78, 5) is 30.5. The fourth-order valence-electron chi connectivity index (χ4n) is 2.09. The summed E-state index contributed by atoms with van der Waals surface area (Å²) in [5.74, 6) is 0. The first-order chi connectivity index (χ1) is 7.35. The minimum absolute atomic E-state index is 0.177. The van der Waals surface area contributed by atoms with Crippen LogP contribution >= 0.6 is 7.28 Å². The zero-order valence-corrected chi connectivity index (χ0v) is 11.9. The zero-order chi connectivity index (χ0) is 12.7. The molecular weight excluding hydrogens is 223 g/mol. The average Bonchev–Trinajstić information content (AvgIpc) is 2.20. The van der Waals surface area contributed by atoms with E-state index in [0.717, 1.165) is 32.1 Å². The molecule has 0 aromatic carbocycles. The maximum absolute atomic E-state index is 10.2. The summed E-state index contributed by atoms with van der Waals surface area (Å²) in [5, 5.41) is 0. The molecule has 0 fully saturated rings. The third-order valence-electron chi connectivity index (χ3n) is 3.20. The van der Waals surface area contributed by atoms with Crippen LogP contribution in [-0.4, -0.2) is 26.5 Å². The van der Waals surface area contributed by atoms with Crippen molar-refractivity contribution in [3.05, 3.63) is 0 Å². The van der Waals surface area contributed by atoms with Gasteiger partial charge >= 0.3 is 99.5 Å². The molecule has 0 aromatic rings. The molecule has 0 bridgehead atoms. The molecule has 16 heavy (non-hydrogen) atoms. The Morgan fingerprint density at radius 3 is 1.81 bits per heavy atom. The molecule has 0 aromatic heterocycles. The summed E-state index contributed by atoms with van der Waals surface area (Å²) < 4.78 is 0. The van der Waals surface area contributed by atoms with E-state index < -0.39 is 7.28 Å². The fourth-order valence-corrected chi connectivity index (χ4v) is 4.88. The molecule has 0 spiro atoms. The molecule has 1 unspecified atom stereocenters. The van der Waals surface area contributed by atoms with Crippen LogP contribution in [0.2, 0.25) is 0 Å². The summed E-state index contributed by atoms with van der Waals surface area (Å²) in [7, 11) is -4.38. The fraction of sp³-hybridized carbons (Fsp3) is 1.00. The van der Waals surface area contributed by atoms with E-state index in [1.54, 1.807) is 0 Å². The first-order valence-corrected chi connectivity index (χ1v) is 8.96. The Morgan fingerprint density at radius 1 is 0.812 bits per heavy atom. The molecule has 0 amide bonds. The van der Waals surface area contributed by atoms with Gasteiger partial charge in [0.05, 0.1) is 0 Å². The van der Waals surface area contributed by atoms with Crippen LogP contribution in [0.3, 0.4) is 0 Å². The second kappa shape index (κ2) is 6.90. The third kappa shape index (κ3) is 5.58. The van der Waals surface area contributed by atoms with E-state index in [1.165, 1.54) is 0 Å². The van der Waals surface area contributed by atoms with Crippen molar-refractivity contribution in [2.24, 2.45) is 0 Å². The van der Waals surface area contributed by atoms with Crippen molar-refractivity contribution in [1.82, 2.24) is 0 Å². The van der Waals surface area contributed by atoms with Gasteiger partial charge in [0.25, 0.3) is 0 Å². The molecule has 0 aliphatic carbocycles. The summed E-state index contributed by atoms with van der Waals surface area (Å²) >= 11 is 0. The van der Waals surface area contributed by atoms with Crippen LogP contribution in [-0.2, 0) is 0 Å². The number of unbranched alkanes of at least 4 members (excludes halogenated alkanes) is 2. The standard InChI is InChI=1S/C12H29O3P/c1-4-7-10-12(9-6-3)16(13,14,15)11-8-5-2/h12-15H,4-11H2,1-3H3. The van der Waals surface area contributed by atoms with Crippen LogP contribution in [0, 0.1) is 0 Å². The van der Waals surface area contributed by atoms with E-state index in [1.807, 2.05) is 13.8 Å². The summed E-state index contributed by atoms with van der Waals surface area (Å²) in [6.45, 7) is 6.09. The van der Waals surface area contributed by atoms with Gasteiger partial charge in [-0.1, -0.05) is 0 Å². The van der Waals surface area contributed by atoms with Gasteiger partial charge < -0.3 is 0 Å². The Balaban J connectivity index is 4.55. The van der Waals surface area contributed by atoms with Gasteiger partial charge in [-0.15, -0.1) is 0 Å². The predicted octanol–water partition coefficient (Wildman–Crippen LogP) is 3.42. The second-order valence-electron chi connectivity index (χ2n) is 4.88. The Labute approximate surface area is 100 Å². The normalized spacial score (nSPS) is 16.8. The molecule has 100 valence electrons. The van der Waals surface area contributed by atoms with Gasteiger partial charge in [-0.2, -0.15) is 0 Å². The van der Waals surface area contributed by atoms with Crippen molar-refractivity contribution >= 4 is 7.28 Å². The monoisotopic (exact) mass is 252 g/mol. The van der Waals surface area contributed by atoms with E-state index in [0.29, 0.717) is 12.8 Å². The van der Waals surface area contributed by atoms with Gasteiger partial charge in [-0.25, -0.2) is 0 Å². The van der Waals surface area contributed by atoms with Crippen LogP contribution in [0.5, 0.6) is 0 Å². The van der Waals surface area contributed by atoms with Crippen molar-refractivity contribution in [3.8, 4) is 0 Å². The van der Waals surface area contributed by atoms with Crippen molar-refractivity contribution in [2.75, 3.05) is 6.16 Å². The Bertz CT molecular complexity index is 186. The van der Waals surface area contributed by atoms with Crippen LogP contribution < -0.4 is 0 Å². The molecule has 0 aliphatic rings. The molecule has 3 N–H and O–H groups in total. The van der Waals surface area contributed by atoms with E-state index in [-0.39, 0.29) is 11.8 Å². The van der Waals surface area contributed by atoms with Crippen LogP contribution in [0.25, 0.3) is 0 Å². The van der Waals surface area contributed by atoms with Crippen LogP contribution in [0.1, 0.15) is 65.7 Å². The second-order valence-corrected chi connectivity index (χ2v) is 8.50. The molecule has 0 heterocycles. The molecule has 0 saturated heterocycles. The van der Waals surface area contributed by atoms with E-state index >= 15 is 0 Å². The first-order valence-electron chi connectivity index (χ1n) is 6.61. The molecule has 0 radical (unpaired) electrons. The van der Waals surface area contributed by atoms with Gasteiger partial charge in [-0.05, 0) is 0 Å². The van der Waals surface area contributed by atoms with Crippen molar-refractivity contribution in [3.63, 3.8) is 0 Å². The topological polar surface area (TPSA) is 60.7 Å². The Morgan fingerprint density at radius 2 is 1.38 bits per heavy atom. The SMILES string of the molecule is CCCCC(CCC)P(O)(O)(O)CCCC. The quantitative estimate of drug-likeness (QED) is 0.551. The first kappa shape index (κ1) is 16.3. The maximum atomic E-state index is 10.2. The summed E-state index contributed by atoms with van der Waals surface area (Å²) in [5.41, 5.74) is -0.303. The molecular formula is C12H29O3P. The number of hydrogen-bond acceptors (Lipinski definition) is 3. The van der Waals surface area contributed by atoms with Crippen LogP contribution in [0.4, 0.5) is 0 Å². The van der Waals surface area contributed by atoms with Crippen LogP contribution in [0.15, 0.2) is 0 Å². The van der Waals surface area contributed by atoms with E-state index in [2.05, 4.69) is 6.92 Å². The molecule has 0 aliphatic heterocycles. The summed E-state index contributed by atoms with van der Waals surface area (Å²) in [6.07, 6.45) is 6.06. The van der Waals surface area contributed by atoms with E-state index in [4.69, 9.17) is 0 Å². The zero-order valence-electron chi connectivity index (χ0n) is 11.0. The van der Waals surface area contributed by atoms with Gasteiger partial charge in [-0.3, -0.25) is 0 Å². The average molecular weight is 252 g/mol. The van der Waals surface area contributed by atoms with Crippen molar-refractivity contribution in [2.45, 2.75) is 71.4 Å². The van der Waals surface area contributed by atoms with Crippen molar-refractivity contribution < 1.29 is 14.7 Å². The van der Waals surface area contributed by atoms with E-state index in [9.17, 15) is 14.7 Å². The molecule has 1 atom stereocenters. The van der Waals surface area contributed by atoms with Gasteiger partial charge in [0, 0.05) is 0 Å². The Hall–Kier alpha value is 0.310. The van der Waals surface area contributed by atoms with Gasteiger partial charge in [0.2, 0.25) is 0 Å². The molecule has 0 saturated carbocycles. The molecule has 3 nitrogen and oxygen atoms in total. The molecule has 4 heteroatoms. The molecule has 0 rings (SSSR count). The summed E-state index contributed by atoms with van der Waals surface area (Å²) in [6, 6.07) is 0. The Kier molecular flexibility index (Phi) is 7.04. The van der Waals surface area contributed by atoms with Gasteiger partial charge in [0.1, 0.15) is 0 Å². The van der Waals surface area contributed by atoms with Gasteiger partial charge in [0.15, 0.2) is 0 Å². The van der Waals surface area contributed by atoms with Crippen molar-refractivity contribution in [1.29, 1.82) is 0 Å². The minimum atomic E-state index is -4.38.